The predicted octanol–water partition coefficient (Wildman–Crippen LogP) is 3.72. The zero-order valence-electron chi connectivity index (χ0n) is 5.98. The molecule has 1 atom stereocenters. The van der Waals surface area contributed by atoms with Gasteiger partial charge in [-0.2, -0.15) is 0 Å². The fourth-order valence-electron chi connectivity index (χ4n) is 0.792. The van der Waals surface area contributed by atoms with Crippen molar-refractivity contribution in [2.75, 3.05) is 0 Å². The largest absolute Gasteiger partial charge is 0.273 e. The van der Waals surface area contributed by atoms with Crippen LogP contribution >= 0.6 is 15.9 Å². The lowest BCUT2D eigenvalue weighted by Crippen LogP contribution is -2.02. The van der Waals surface area contributed by atoms with Gasteiger partial charge in [0.2, 0.25) is 0 Å². The first-order chi connectivity index (χ1) is 5.61. The van der Waals surface area contributed by atoms with Crippen molar-refractivity contribution in [1.29, 1.82) is 0 Å². The molecule has 0 heterocycles. The van der Waals surface area contributed by atoms with Gasteiger partial charge in [-0.15, -0.1) is 0 Å². The summed E-state index contributed by atoms with van der Waals surface area (Å²) in [6.07, 6.45) is -5.13. The Morgan fingerprint density at radius 2 is 1.50 bits per heavy atom. The normalized spacial score (nSPS) is 13.4. The second-order valence-corrected chi connectivity index (χ2v) is 3.20. The fraction of sp³-hybridized carbons (Fsp3) is 0.250. The molecular formula is C8H6BrF3. The summed E-state index contributed by atoms with van der Waals surface area (Å²) in [5, 5.41) is 0. The van der Waals surface area contributed by atoms with Crippen molar-refractivity contribution in [1.82, 2.24) is 0 Å². The van der Waals surface area contributed by atoms with Crippen molar-refractivity contribution < 1.29 is 13.2 Å². The van der Waals surface area contributed by atoms with Gasteiger partial charge in [0.05, 0.1) is 0 Å². The summed E-state index contributed by atoms with van der Waals surface area (Å²) in [6, 6.07) is 5.73. The summed E-state index contributed by atoms with van der Waals surface area (Å²) in [7, 11) is 0. The van der Waals surface area contributed by atoms with Gasteiger partial charge in [-0.1, -0.05) is 28.1 Å². The first kappa shape index (κ1) is 9.58. The first-order valence-electron chi connectivity index (χ1n) is 3.29. The Morgan fingerprint density at radius 3 is 1.92 bits per heavy atom. The van der Waals surface area contributed by atoms with Crippen LogP contribution in [0.3, 0.4) is 0 Å². The maximum Gasteiger partial charge on any atom is 0.273 e. The Balaban J connectivity index is 2.82. The molecular weight excluding hydrogens is 233 g/mol. The molecule has 1 aromatic carbocycles. The molecule has 0 spiro atoms. The van der Waals surface area contributed by atoms with Crippen LogP contribution in [0.1, 0.15) is 11.7 Å². The number of benzene rings is 1. The van der Waals surface area contributed by atoms with Crippen LogP contribution < -0.4 is 0 Å². The third kappa shape index (κ3) is 2.24. The standard InChI is InChI=1S/C8H6BrF3/c9-6-3-1-5(2-4-6)7(10)8(11)12/h1-4,7-8H. The van der Waals surface area contributed by atoms with Crippen molar-refractivity contribution >= 4 is 15.9 Å². The van der Waals surface area contributed by atoms with Crippen molar-refractivity contribution in [3.05, 3.63) is 34.3 Å². The van der Waals surface area contributed by atoms with E-state index in [1.54, 1.807) is 0 Å². The lowest BCUT2D eigenvalue weighted by Gasteiger charge is -2.06. The van der Waals surface area contributed by atoms with E-state index in [1.165, 1.54) is 24.3 Å². The van der Waals surface area contributed by atoms with Crippen LogP contribution in [0.2, 0.25) is 0 Å². The summed E-state index contributed by atoms with van der Waals surface area (Å²) in [6.45, 7) is 0. The molecule has 0 radical (unpaired) electrons. The predicted molar refractivity (Wildman–Crippen MR) is 44.0 cm³/mol. The summed E-state index contributed by atoms with van der Waals surface area (Å²) < 4.78 is 37.0. The van der Waals surface area contributed by atoms with Crippen LogP contribution in [0.5, 0.6) is 0 Å². The summed E-state index contributed by atoms with van der Waals surface area (Å²) >= 11 is 3.12. The zero-order valence-corrected chi connectivity index (χ0v) is 7.56. The summed E-state index contributed by atoms with van der Waals surface area (Å²) in [4.78, 5) is 0. The molecule has 1 unspecified atom stereocenters. The van der Waals surface area contributed by atoms with Gasteiger partial charge in [-0.3, -0.25) is 0 Å². The Labute approximate surface area is 76.5 Å². The molecule has 0 fully saturated rings. The average Bonchev–Trinajstić information content (AvgIpc) is 2.04. The molecule has 12 heavy (non-hydrogen) atoms. The molecule has 1 rings (SSSR count). The monoisotopic (exact) mass is 238 g/mol. The average molecular weight is 239 g/mol. The van der Waals surface area contributed by atoms with Gasteiger partial charge in [-0.25, -0.2) is 13.2 Å². The van der Waals surface area contributed by atoms with E-state index in [2.05, 4.69) is 15.9 Å². The van der Waals surface area contributed by atoms with Crippen LogP contribution in [0.4, 0.5) is 13.2 Å². The Kier molecular flexibility index (Phi) is 3.14. The highest BCUT2D eigenvalue weighted by Crippen LogP contribution is 2.25. The van der Waals surface area contributed by atoms with Crippen LogP contribution in [0.15, 0.2) is 28.7 Å². The molecule has 0 saturated heterocycles. The Hall–Kier alpha value is -0.510. The topological polar surface area (TPSA) is 0 Å². The molecule has 4 heteroatoms. The molecule has 0 aliphatic carbocycles. The zero-order chi connectivity index (χ0) is 9.14. The maximum absolute atomic E-state index is 12.6. The van der Waals surface area contributed by atoms with Gasteiger partial charge in [0, 0.05) is 4.47 Å². The van der Waals surface area contributed by atoms with Crippen molar-refractivity contribution in [3.63, 3.8) is 0 Å². The molecule has 0 aliphatic heterocycles. The van der Waals surface area contributed by atoms with E-state index in [4.69, 9.17) is 0 Å². The van der Waals surface area contributed by atoms with Gasteiger partial charge in [0.1, 0.15) is 0 Å². The molecule has 66 valence electrons. The molecule has 0 N–H and O–H groups in total. The van der Waals surface area contributed by atoms with Gasteiger partial charge in [0.15, 0.2) is 6.17 Å². The van der Waals surface area contributed by atoms with E-state index >= 15 is 0 Å². The molecule has 0 aromatic heterocycles. The van der Waals surface area contributed by atoms with Crippen LogP contribution in [0.25, 0.3) is 0 Å². The third-order valence-electron chi connectivity index (χ3n) is 1.41. The SMILES string of the molecule is FC(F)C(F)c1ccc(Br)cc1. The molecule has 0 aliphatic rings. The third-order valence-corrected chi connectivity index (χ3v) is 1.94. The highest BCUT2D eigenvalue weighted by molar-refractivity contribution is 9.10. The van der Waals surface area contributed by atoms with Gasteiger partial charge in [-0.05, 0) is 17.7 Å². The number of hydrogen-bond donors (Lipinski definition) is 0. The van der Waals surface area contributed by atoms with Crippen LogP contribution in [-0.4, -0.2) is 6.43 Å². The van der Waals surface area contributed by atoms with Gasteiger partial charge < -0.3 is 0 Å². The van der Waals surface area contributed by atoms with E-state index < -0.39 is 12.6 Å². The first-order valence-corrected chi connectivity index (χ1v) is 4.08. The van der Waals surface area contributed by atoms with Crippen LogP contribution in [0, 0.1) is 0 Å². The quantitative estimate of drug-likeness (QED) is 0.737. The van der Waals surface area contributed by atoms with Gasteiger partial charge >= 0.3 is 0 Å². The fourth-order valence-corrected chi connectivity index (χ4v) is 1.06. The molecule has 0 amide bonds. The molecule has 0 bridgehead atoms. The smallest absolute Gasteiger partial charge is 0.236 e. The van der Waals surface area contributed by atoms with E-state index in [1.807, 2.05) is 0 Å². The van der Waals surface area contributed by atoms with Crippen molar-refractivity contribution in [3.8, 4) is 0 Å². The van der Waals surface area contributed by atoms with Crippen molar-refractivity contribution in [2.24, 2.45) is 0 Å². The lowest BCUT2D eigenvalue weighted by molar-refractivity contribution is 0.0495. The maximum atomic E-state index is 12.6. The summed E-state index contributed by atoms with van der Waals surface area (Å²) in [5.74, 6) is 0. The Morgan fingerprint density at radius 1 is 1.00 bits per heavy atom. The minimum absolute atomic E-state index is 0.00759. The number of halogens is 4. The molecule has 1 aromatic rings. The molecule has 0 nitrogen and oxygen atoms in total. The van der Waals surface area contributed by atoms with E-state index in [9.17, 15) is 13.2 Å². The highest BCUT2D eigenvalue weighted by Gasteiger charge is 2.20. The number of alkyl halides is 3. The number of rotatable bonds is 2. The highest BCUT2D eigenvalue weighted by atomic mass is 79.9. The van der Waals surface area contributed by atoms with Crippen molar-refractivity contribution in [2.45, 2.75) is 12.6 Å². The Bertz CT molecular complexity index is 245. The lowest BCUT2D eigenvalue weighted by atomic mass is 10.1. The van der Waals surface area contributed by atoms with Gasteiger partial charge in [0.25, 0.3) is 6.43 Å². The molecule has 0 saturated carbocycles. The minimum atomic E-state index is -2.95. The van der Waals surface area contributed by atoms with E-state index in [0.29, 0.717) is 0 Å². The second-order valence-electron chi connectivity index (χ2n) is 2.29. The van der Waals surface area contributed by atoms with Crippen LogP contribution in [-0.2, 0) is 0 Å². The number of hydrogen-bond acceptors (Lipinski definition) is 0. The summed E-state index contributed by atoms with van der Waals surface area (Å²) in [5.41, 5.74) is 0.00759. The van der Waals surface area contributed by atoms with E-state index in [0.717, 1.165) is 4.47 Å². The minimum Gasteiger partial charge on any atom is -0.236 e. The second kappa shape index (κ2) is 3.94. The van der Waals surface area contributed by atoms with E-state index in [-0.39, 0.29) is 5.56 Å².